The fraction of sp³-hybridized carbons (Fsp3) is 0.176. The number of para-hydroxylation sites is 1. The molecule has 1 aliphatic rings. The molecule has 0 radical (unpaired) electrons. The number of hydrogen-bond donors (Lipinski definition) is 1. The maximum absolute atomic E-state index is 11.9. The van der Waals surface area contributed by atoms with E-state index in [0.29, 0.717) is 10.9 Å². The lowest BCUT2D eigenvalue weighted by Gasteiger charge is -2.31. The van der Waals surface area contributed by atoms with E-state index < -0.39 is 0 Å². The average Bonchev–Trinajstić information content (AvgIpc) is 3.06. The van der Waals surface area contributed by atoms with E-state index in [1.165, 1.54) is 11.6 Å². The van der Waals surface area contributed by atoms with Gasteiger partial charge in [-0.15, -0.1) is 0 Å². The van der Waals surface area contributed by atoms with Crippen molar-refractivity contribution in [3.8, 4) is 0 Å². The third kappa shape index (κ3) is 3.26. The molecule has 1 amide bonds. The Morgan fingerprint density at radius 1 is 1.27 bits per heavy atom. The summed E-state index contributed by atoms with van der Waals surface area (Å²) in [6, 6.07) is 11.7. The molecule has 0 fully saturated rings. The molecule has 3 rings (SSSR count). The standard InChI is InChI=1S/C17H16N2O2S/c20-16(10-9-14-7-4-12-21-14)18-17(22)19-11-3-6-13-5-1-2-8-15(13)19/h1-2,4-5,7-10,12H,3,6,11H2,(H,18,20,22). The first-order valence-corrected chi connectivity index (χ1v) is 7.57. The predicted octanol–water partition coefficient (Wildman–Crippen LogP) is 3.15. The molecule has 5 heteroatoms. The van der Waals surface area contributed by atoms with Crippen LogP contribution in [0.25, 0.3) is 6.08 Å². The number of furan rings is 1. The van der Waals surface area contributed by atoms with Gasteiger partial charge in [-0.25, -0.2) is 0 Å². The van der Waals surface area contributed by atoms with Crippen LogP contribution in [-0.4, -0.2) is 17.6 Å². The Balaban J connectivity index is 1.66. The fourth-order valence-corrected chi connectivity index (χ4v) is 2.79. The molecular weight excluding hydrogens is 296 g/mol. The van der Waals surface area contributed by atoms with Crippen LogP contribution in [0.1, 0.15) is 17.7 Å². The number of anilines is 1. The number of fused-ring (bicyclic) bond motifs is 1. The van der Waals surface area contributed by atoms with Crippen LogP contribution in [-0.2, 0) is 11.2 Å². The Bertz CT molecular complexity index is 707. The summed E-state index contributed by atoms with van der Waals surface area (Å²) < 4.78 is 5.14. The SMILES string of the molecule is O=C(C=Cc1ccco1)NC(=S)N1CCCc2ccccc21. The number of amides is 1. The number of aryl methyl sites for hydroxylation is 1. The number of benzene rings is 1. The maximum Gasteiger partial charge on any atom is 0.250 e. The van der Waals surface area contributed by atoms with Crippen molar-refractivity contribution in [1.29, 1.82) is 0 Å². The van der Waals surface area contributed by atoms with Crippen LogP contribution in [0.15, 0.2) is 53.2 Å². The van der Waals surface area contributed by atoms with Gasteiger partial charge >= 0.3 is 0 Å². The Morgan fingerprint density at radius 3 is 2.95 bits per heavy atom. The molecule has 1 aromatic carbocycles. The number of carbonyl (C=O) groups is 1. The molecule has 0 spiro atoms. The predicted molar refractivity (Wildman–Crippen MR) is 90.6 cm³/mol. The van der Waals surface area contributed by atoms with Crippen molar-refractivity contribution < 1.29 is 9.21 Å². The largest absolute Gasteiger partial charge is 0.465 e. The highest BCUT2D eigenvalue weighted by Crippen LogP contribution is 2.26. The van der Waals surface area contributed by atoms with E-state index >= 15 is 0 Å². The van der Waals surface area contributed by atoms with Crippen molar-refractivity contribution in [3.63, 3.8) is 0 Å². The minimum Gasteiger partial charge on any atom is -0.465 e. The van der Waals surface area contributed by atoms with Crippen molar-refractivity contribution in [1.82, 2.24) is 5.32 Å². The van der Waals surface area contributed by atoms with E-state index in [9.17, 15) is 4.79 Å². The van der Waals surface area contributed by atoms with Crippen LogP contribution >= 0.6 is 12.2 Å². The molecule has 4 nitrogen and oxygen atoms in total. The molecule has 1 aliphatic heterocycles. The van der Waals surface area contributed by atoms with Gasteiger partial charge in [0.05, 0.1) is 6.26 Å². The van der Waals surface area contributed by atoms with Gasteiger partial charge in [0.2, 0.25) is 5.91 Å². The van der Waals surface area contributed by atoms with Gasteiger partial charge < -0.3 is 9.32 Å². The first-order chi connectivity index (χ1) is 10.7. The van der Waals surface area contributed by atoms with Crippen molar-refractivity contribution in [2.75, 3.05) is 11.4 Å². The normalized spacial score (nSPS) is 13.9. The lowest BCUT2D eigenvalue weighted by Crippen LogP contribution is -2.44. The highest BCUT2D eigenvalue weighted by atomic mass is 32.1. The topological polar surface area (TPSA) is 45.5 Å². The molecule has 0 bridgehead atoms. The fourth-order valence-electron chi connectivity index (χ4n) is 2.50. The first-order valence-electron chi connectivity index (χ1n) is 7.16. The van der Waals surface area contributed by atoms with Crippen LogP contribution < -0.4 is 10.2 Å². The third-order valence-electron chi connectivity index (χ3n) is 3.53. The summed E-state index contributed by atoms with van der Waals surface area (Å²) in [6.45, 7) is 0.817. The van der Waals surface area contributed by atoms with E-state index in [1.54, 1.807) is 24.5 Å². The molecule has 1 aromatic heterocycles. The highest BCUT2D eigenvalue weighted by Gasteiger charge is 2.20. The van der Waals surface area contributed by atoms with Crippen LogP contribution in [0.5, 0.6) is 0 Å². The molecule has 2 aromatic rings. The van der Waals surface area contributed by atoms with Crippen LogP contribution in [0.4, 0.5) is 5.69 Å². The van der Waals surface area contributed by atoms with Gasteiger partial charge in [-0.3, -0.25) is 10.1 Å². The zero-order valence-electron chi connectivity index (χ0n) is 12.0. The molecule has 112 valence electrons. The van der Waals surface area contributed by atoms with E-state index in [-0.39, 0.29) is 5.91 Å². The summed E-state index contributed by atoms with van der Waals surface area (Å²) in [7, 11) is 0. The molecule has 0 saturated carbocycles. The van der Waals surface area contributed by atoms with Crippen molar-refractivity contribution in [2.45, 2.75) is 12.8 Å². The van der Waals surface area contributed by atoms with Crippen molar-refractivity contribution in [2.24, 2.45) is 0 Å². The monoisotopic (exact) mass is 312 g/mol. The quantitative estimate of drug-likeness (QED) is 0.683. The second-order valence-electron chi connectivity index (χ2n) is 5.03. The van der Waals surface area contributed by atoms with Gasteiger partial charge in [0.25, 0.3) is 0 Å². The number of nitrogens with one attached hydrogen (secondary N) is 1. The number of rotatable bonds is 2. The van der Waals surface area contributed by atoms with Gasteiger partial charge in [-0.1, -0.05) is 18.2 Å². The maximum atomic E-state index is 11.9. The lowest BCUT2D eigenvalue weighted by molar-refractivity contribution is -0.115. The summed E-state index contributed by atoms with van der Waals surface area (Å²) in [5, 5.41) is 3.17. The first kappa shape index (κ1) is 14.5. The van der Waals surface area contributed by atoms with Crippen LogP contribution in [0.3, 0.4) is 0 Å². The van der Waals surface area contributed by atoms with E-state index in [0.717, 1.165) is 25.1 Å². The summed E-state index contributed by atoms with van der Waals surface area (Å²) in [4.78, 5) is 13.9. The molecule has 0 aliphatic carbocycles. The second kappa shape index (κ2) is 6.58. The summed E-state index contributed by atoms with van der Waals surface area (Å²) in [6.07, 6.45) is 6.66. The highest BCUT2D eigenvalue weighted by molar-refractivity contribution is 7.80. The molecular formula is C17H16N2O2S. The summed E-state index contributed by atoms with van der Waals surface area (Å²) in [5.74, 6) is 0.369. The number of hydrogen-bond acceptors (Lipinski definition) is 3. The van der Waals surface area contributed by atoms with Crippen LogP contribution in [0.2, 0.25) is 0 Å². The van der Waals surface area contributed by atoms with E-state index in [4.69, 9.17) is 16.6 Å². The van der Waals surface area contributed by atoms with E-state index in [2.05, 4.69) is 11.4 Å². The van der Waals surface area contributed by atoms with Crippen LogP contribution in [0, 0.1) is 0 Å². The minimum absolute atomic E-state index is 0.260. The Morgan fingerprint density at radius 2 is 2.14 bits per heavy atom. The molecule has 2 heterocycles. The van der Waals surface area contributed by atoms with Gasteiger partial charge in [0.15, 0.2) is 5.11 Å². The third-order valence-corrected chi connectivity index (χ3v) is 3.85. The Hall–Kier alpha value is -2.40. The number of carbonyl (C=O) groups excluding carboxylic acids is 1. The van der Waals surface area contributed by atoms with Gasteiger partial charge in [-0.05, 0) is 54.9 Å². The van der Waals surface area contributed by atoms with E-state index in [1.807, 2.05) is 23.1 Å². The number of thiocarbonyl (C=S) groups is 1. The van der Waals surface area contributed by atoms with Gasteiger partial charge in [0.1, 0.15) is 5.76 Å². The molecule has 0 atom stereocenters. The summed E-state index contributed by atoms with van der Waals surface area (Å²) in [5.41, 5.74) is 2.34. The molecule has 0 unspecified atom stereocenters. The summed E-state index contributed by atoms with van der Waals surface area (Å²) >= 11 is 5.38. The lowest BCUT2D eigenvalue weighted by atomic mass is 10.0. The molecule has 1 N–H and O–H groups in total. The smallest absolute Gasteiger partial charge is 0.250 e. The van der Waals surface area contributed by atoms with Gasteiger partial charge in [0, 0.05) is 18.3 Å². The van der Waals surface area contributed by atoms with Crippen molar-refractivity contribution in [3.05, 3.63) is 60.1 Å². The average molecular weight is 312 g/mol. The minimum atomic E-state index is -0.260. The Labute approximate surface area is 134 Å². The zero-order chi connectivity index (χ0) is 15.4. The van der Waals surface area contributed by atoms with Crippen molar-refractivity contribution >= 4 is 35.0 Å². The number of nitrogens with zero attached hydrogens (tertiary/aromatic N) is 1. The van der Waals surface area contributed by atoms with Gasteiger partial charge in [-0.2, -0.15) is 0 Å². The zero-order valence-corrected chi connectivity index (χ0v) is 12.8. The molecule has 0 saturated heterocycles. The second-order valence-corrected chi connectivity index (χ2v) is 5.41. The Kier molecular flexibility index (Phi) is 4.34. The molecule has 22 heavy (non-hydrogen) atoms.